The predicted molar refractivity (Wildman–Crippen MR) is 119 cm³/mol. The Kier molecular flexibility index (Phi) is 6.81. The number of hydrogen-bond acceptors (Lipinski definition) is 1. The highest BCUT2D eigenvalue weighted by Gasteiger charge is 2.38. The molecular formula is C27H40O. The Labute approximate surface area is 173 Å². The van der Waals surface area contributed by atoms with E-state index in [0.717, 1.165) is 41.3 Å². The highest BCUT2D eigenvalue weighted by atomic mass is 16.5. The number of fused-ring (bicyclic) bond motifs is 1. The molecule has 154 valence electrons. The van der Waals surface area contributed by atoms with Gasteiger partial charge in [0, 0.05) is 0 Å². The van der Waals surface area contributed by atoms with Gasteiger partial charge in [-0.15, -0.1) is 0 Å². The van der Waals surface area contributed by atoms with Crippen molar-refractivity contribution < 1.29 is 4.74 Å². The summed E-state index contributed by atoms with van der Waals surface area (Å²) in [7, 11) is 0. The minimum absolute atomic E-state index is 0.590. The second-order valence-electron chi connectivity index (χ2n) is 9.96. The van der Waals surface area contributed by atoms with Crippen molar-refractivity contribution in [3.63, 3.8) is 0 Å². The molecular weight excluding hydrogens is 340 g/mol. The second-order valence-corrected chi connectivity index (χ2v) is 9.96. The molecule has 0 N–H and O–H groups in total. The van der Waals surface area contributed by atoms with E-state index in [2.05, 4.69) is 37.8 Å². The molecule has 4 rings (SSSR count). The van der Waals surface area contributed by atoms with E-state index in [1.54, 1.807) is 18.9 Å². The topological polar surface area (TPSA) is 9.23 Å². The van der Waals surface area contributed by atoms with Gasteiger partial charge >= 0.3 is 0 Å². The molecule has 0 saturated heterocycles. The van der Waals surface area contributed by atoms with E-state index in [4.69, 9.17) is 4.74 Å². The first kappa shape index (κ1) is 20.0. The number of hydrogen-bond donors (Lipinski definition) is 0. The summed E-state index contributed by atoms with van der Waals surface area (Å²) >= 11 is 0. The molecule has 3 fully saturated rings. The third-order valence-corrected chi connectivity index (χ3v) is 8.50. The van der Waals surface area contributed by atoms with Gasteiger partial charge in [0.15, 0.2) is 0 Å². The third-order valence-electron chi connectivity index (χ3n) is 8.50. The first-order valence-corrected chi connectivity index (χ1v) is 12.1. The van der Waals surface area contributed by atoms with Gasteiger partial charge in [0.25, 0.3) is 0 Å². The predicted octanol–water partition coefficient (Wildman–Crippen LogP) is 7.77. The van der Waals surface area contributed by atoms with Gasteiger partial charge in [-0.25, -0.2) is 0 Å². The standard InChI is InChI=1S/C27H40O/c1-3-17-28-27-15-13-22(14-16-27)21-7-9-23(10-8-21)25-12-11-24-18-20(4-2)5-6-26(24)19-25/h3,13-16,20-21,23-26H,1,4-12,17-19H2,2H3. The molecule has 0 heterocycles. The van der Waals surface area contributed by atoms with Crippen molar-refractivity contribution in [1.82, 2.24) is 0 Å². The van der Waals surface area contributed by atoms with Crippen LogP contribution in [-0.2, 0) is 0 Å². The van der Waals surface area contributed by atoms with Crippen LogP contribution >= 0.6 is 0 Å². The summed E-state index contributed by atoms with van der Waals surface area (Å²) in [5, 5.41) is 0. The van der Waals surface area contributed by atoms with Crippen molar-refractivity contribution in [3.8, 4) is 5.75 Å². The Hall–Kier alpha value is -1.24. The van der Waals surface area contributed by atoms with Gasteiger partial charge in [0.1, 0.15) is 12.4 Å². The molecule has 0 amide bonds. The van der Waals surface area contributed by atoms with Gasteiger partial charge in [-0.1, -0.05) is 44.6 Å². The monoisotopic (exact) mass is 380 g/mol. The Balaban J connectivity index is 1.26. The molecule has 1 aromatic rings. The second kappa shape index (κ2) is 9.51. The Morgan fingerprint density at radius 1 is 0.821 bits per heavy atom. The van der Waals surface area contributed by atoms with E-state index in [-0.39, 0.29) is 0 Å². The molecule has 1 nitrogen and oxygen atoms in total. The smallest absolute Gasteiger partial charge is 0.119 e. The lowest BCUT2D eigenvalue weighted by Gasteiger charge is -2.45. The zero-order chi connectivity index (χ0) is 19.3. The van der Waals surface area contributed by atoms with Crippen LogP contribution in [0.4, 0.5) is 0 Å². The molecule has 4 atom stereocenters. The molecule has 0 radical (unpaired) electrons. The highest BCUT2D eigenvalue weighted by Crippen LogP contribution is 2.50. The molecule has 1 heteroatoms. The molecule has 0 aliphatic heterocycles. The number of rotatable bonds is 6. The molecule has 3 aliphatic carbocycles. The van der Waals surface area contributed by atoms with Crippen LogP contribution in [0.25, 0.3) is 0 Å². The fraction of sp³-hybridized carbons (Fsp3) is 0.704. The van der Waals surface area contributed by atoms with E-state index < -0.39 is 0 Å². The summed E-state index contributed by atoms with van der Waals surface area (Å²) in [5.41, 5.74) is 1.52. The van der Waals surface area contributed by atoms with Gasteiger partial charge in [-0.3, -0.25) is 0 Å². The normalized spacial score (nSPS) is 35.8. The maximum atomic E-state index is 5.63. The average Bonchev–Trinajstić information content (AvgIpc) is 2.77. The zero-order valence-electron chi connectivity index (χ0n) is 18.0. The summed E-state index contributed by atoms with van der Waals surface area (Å²) in [4.78, 5) is 0. The van der Waals surface area contributed by atoms with Crippen LogP contribution in [0.1, 0.15) is 89.0 Å². The third kappa shape index (κ3) is 4.66. The molecule has 0 bridgehead atoms. The lowest BCUT2D eigenvalue weighted by molar-refractivity contribution is 0.0629. The van der Waals surface area contributed by atoms with E-state index in [0.29, 0.717) is 6.61 Å². The van der Waals surface area contributed by atoms with Crippen LogP contribution in [0.3, 0.4) is 0 Å². The largest absolute Gasteiger partial charge is 0.490 e. The number of benzene rings is 1. The SMILES string of the molecule is C=CCOc1ccc(C2CCC(C3CCC4CC(CC)CCC4C3)CC2)cc1. The van der Waals surface area contributed by atoms with Crippen molar-refractivity contribution in [3.05, 3.63) is 42.5 Å². The van der Waals surface area contributed by atoms with E-state index in [1.807, 2.05) is 0 Å². The molecule has 28 heavy (non-hydrogen) atoms. The molecule has 0 spiro atoms. The van der Waals surface area contributed by atoms with Crippen LogP contribution in [-0.4, -0.2) is 6.61 Å². The Morgan fingerprint density at radius 3 is 2.11 bits per heavy atom. The first-order valence-electron chi connectivity index (χ1n) is 12.1. The molecule has 3 saturated carbocycles. The molecule has 0 aromatic heterocycles. The van der Waals surface area contributed by atoms with E-state index in [1.165, 1.54) is 63.4 Å². The van der Waals surface area contributed by atoms with Crippen LogP contribution < -0.4 is 4.74 Å². The van der Waals surface area contributed by atoms with Crippen LogP contribution in [0.2, 0.25) is 0 Å². The highest BCUT2D eigenvalue weighted by molar-refractivity contribution is 5.29. The van der Waals surface area contributed by atoms with Crippen molar-refractivity contribution in [2.45, 2.75) is 83.5 Å². The molecule has 1 aromatic carbocycles. The van der Waals surface area contributed by atoms with Crippen LogP contribution in [0.15, 0.2) is 36.9 Å². The molecule has 4 unspecified atom stereocenters. The van der Waals surface area contributed by atoms with Crippen LogP contribution in [0, 0.1) is 29.6 Å². The van der Waals surface area contributed by atoms with Crippen molar-refractivity contribution in [1.29, 1.82) is 0 Å². The first-order chi connectivity index (χ1) is 13.8. The maximum absolute atomic E-state index is 5.63. The van der Waals surface area contributed by atoms with Gasteiger partial charge in [0.05, 0.1) is 0 Å². The van der Waals surface area contributed by atoms with Gasteiger partial charge in [-0.05, 0) is 111 Å². The Morgan fingerprint density at radius 2 is 1.43 bits per heavy atom. The lowest BCUT2D eigenvalue weighted by atomic mass is 9.60. The van der Waals surface area contributed by atoms with Gasteiger partial charge in [-0.2, -0.15) is 0 Å². The fourth-order valence-corrected chi connectivity index (χ4v) is 6.74. The van der Waals surface area contributed by atoms with Gasteiger partial charge in [0.2, 0.25) is 0 Å². The molecule has 3 aliphatic rings. The summed E-state index contributed by atoms with van der Waals surface area (Å²) in [6, 6.07) is 8.86. The average molecular weight is 381 g/mol. The van der Waals surface area contributed by atoms with Crippen molar-refractivity contribution in [2.24, 2.45) is 29.6 Å². The minimum Gasteiger partial charge on any atom is -0.490 e. The van der Waals surface area contributed by atoms with Crippen molar-refractivity contribution in [2.75, 3.05) is 6.61 Å². The zero-order valence-corrected chi connectivity index (χ0v) is 18.0. The van der Waals surface area contributed by atoms with Crippen molar-refractivity contribution >= 4 is 0 Å². The summed E-state index contributed by atoms with van der Waals surface area (Å²) in [6.07, 6.45) is 18.1. The fourth-order valence-electron chi connectivity index (χ4n) is 6.74. The van der Waals surface area contributed by atoms with Gasteiger partial charge < -0.3 is 4.74 Å². The minimum atomic E-state index is 0.590. The van der Waals surface area contributed by atoms with E-state index >= 15 is 0 Å². The summed E-state index contributed by atoms with van der Waals surface area (Å²) in [6.45, 7) is 6.71. The summed E-state index contributed by atoms with van der Waals surface area (Å²) < 4.78 is 5.63. The maximum Gasteiger partial charge on any atom is 0.119 e. The number of ether oxygens (including phenoxy) is 1. The van der Waals surface area contributed by atoms with Crippen LogP contribution in [0.5, 0.6) is 5.75 Å². The lowest BCUT2D eigenvalue weighted by Crippen LogP contribution is -2.34. The Bertz CT molecular complexity index is 610. The quantitative estimate of drug-likeness (QED) is 0.458. The summed E-state index contributed by atoms with van der Waals surface area (Å²) in [5.74, 6) is 6.97. The van der Waals surface area contributed by atoms with E-state index in [9.17, 15) is 0 Å².